The molecule has 2 atom stereocenters. The smallest absolute Gasteiger partial charge is 0.321 e. The molecule has 0 saturated carbocycles. The number of carbonyl (C=O) groups is 2. The van der Waals surface area contributed by atoms with Crippen molar-refractivity contribution in [1.29, 1.82) is 0 Å². The molecule has 3 saturated heterocycles. The minimum atomic E-state index is -0.0331. The molecule has 3 aliphatic rings. The maximum Gasteiger partial charge on any atom is 0.321 e. The van der Waals surface area contributed by atoms with Crippen LogP contribution in [0.3, 0.4) is 0 Å². The maximum atomic E-state index is 12.3. The Morgan fingerprint density at radius 1 is 1.11 bits per heavy atom. The van der Waals surface area contributed by atoms with Gasteiger partial charge in [-0.15, -0.1) is 0 Å². The molecule has 6 nitrogen and oxygen atoms in total. The fourth-order valence-electron chi connectivity index (χ4n) is 4.76. The number of nitrogens with one attached hydrogen (secondary N) is 3. The first-order valence-corrected chi connectivity index (χ1v) is 10.3. The van der Waals surface area contributed by atoms with Gasteiger partial charge in [-0.2, -0.15) is 0 Å². The van der Waals surface area contributed by atoms with E-state index in [1.54, 1.807) is 0 Å². The van der Waals surface area contributed by atoms with E-state index in [4.69, 9.17) is 0 Å². The lowest BCUT2D eigenvalue weighted by molar-refractivity contribution is -0.122. The van der Waals surface area contributed by atoms with E-state index < -0.39 is 0 Å². The Bertz CT molecular complexity index is 675. The van der Waals surface area contributed by atoms with Crippen molar-refractivity contribution in [2.24, 2.45) is 5.92 Å². The largest absolute Gasteiger partial charge is 0.352 e. The summed E-state index contributed by atoms with van der Waals surface area (Å²) in [4.78, 5) is 26.4. The van der Waals surface area contributed by atoms with Crippen molar-refractivity contribution in [1.82, 2.24) is 15.5 Å². The van der Waals surface area contributed by atoms with Crippen LogP contribution in [0.4, 0.5) is 10.5 Å². The predicted molar refractivity (Wildman–Crippen MR) is 105 cm³/mol. The molecule has 0 aliphatic carbocycles. The molecule has 0 radical (unpaired) electrons. The molecular weight excluding hydrogens is 340 g/mol. The number of likely N-dealkylation sites (tertiary alicyclic amines) is 1. The molecule has 2 bridgehead atoms. The zero-order valence-electron chi connectivity index (χ0n) is 15.9. The van der Waals surface area contributed by atoms with Crippen LogP contribution >= 0.6 is 0 Å². The van der Waals surface area contributed by atoms with Crippen molar-refractivity contribution >= 4 is 17.6 Å². The number of urea groups is 1. The predicted octanol–water partition coefficient (Wildman–Crippen LogP) is 2.85. The Morgan fingerprint density at radius 2 is 1.85 bits per heavy atom. The summed E-state index contributed by atoms with van der Waals surface area (Å²) in [6, 6.07) is 8.95. The highest BCUT2D eigenvalue weighted by Crippen LogP contribution is 2.32. The second kappa shape index (κ2) is 8.30. The third-order valence-electron chi connectivity index (χ3n) is 6.11. The number of piperidine rings is 1. The van der Waals surface area contributed by atoms with Crippen molar-refractivity contribution in [3.63, 3.8) is 0 Å². The van der Waals surface area contributed by atoms with Crippen molar-refractivity contribution in [2.45, 2.75) is 63.6 Å². The fourth-order valence-corrected chi connectivity index (χ4v) is 4.76. The number of nitrogens with zero attached hydrogens (tertiary/aromatic N) is 1. The Kier molecular flexibility index (Phi) is 5.62. The van der Waals surface area contributed by atoms with E-state index in [2.05, 4.69) is 16.0 Å². The number of hydrogen-bond donors (Lipinski definition) is 3. The molecule has 3 fully saturated rings. The first kappa shape index (κ1) is 18.3. The Balaban J connectivity index is 1.24. The van der Waals surface area contributed by atoms with Crippen LogP contribution in [-0.4, -0.2) is 42.0 Å². The lowest BCUT2D eigenvalue weighted by Crippen LogP contribution is -2.39. The molecule has 3 aliphatic heterocycles. The summed E-state index contributed by atoms with van der Waals surface area (Å²) in [6.07, 6.45) is 7.57. The topological polar surface area (TPSA) is 73.5 Å². The fraction of sp³-hybridized carbons (Fsp3) is 0.619. The molecule has 4 rings (SSSR count). The third-order valence-corrected chi connectivity index (χ3v) is 6.11. The lowest BCUT2D eigenvalue weighted by Gasteiger charge is -2.28. The zero-order valence-corrected chi connectivity index (χ0v) is 15.9. The lowest BCUT2D eigenvalue weighted by atomic mass is 9.89. The van der Waals surface area contributed by atoms with E-state index >= 15 is 0 Å². The van der Waals surface area contributed by atoms with E-state index in [0.717, 1.165) is 50.0 Å². The van der Waals surface area contributed by atoms with Crippen molar-refractivity contribution in [3.05, 3.63) is 29.8 Å². The first-order chi connectivity index (χ1) is 13.2. The summed E-state index contributed by atoms with van der Waals surface area (Å²) in [7, 11) is 0. The summed E-state index contributed by atoms with van der Waals surface area (Å²) in [6.45, 7) is 2.17. The van der Waals surface area contributed by atoms with E-state index in [-0.39, 0.29) is 11.9 Å². The molecule has 1 aromatic rings. The van der Waals surface area contributed by atoms with Gasteiger partial charge >= 0.3 is 6.03 Å². The van der Waals surface area contributed by atoms with E-state index in [0.29, 0.717) is 31.0 Å². The highest BCUT2D eigenvalue weighted by atomic mass is 16.2. The van der Waals surface area contributed by atoms with Gasteiger partial charge in [0.2, 0.25) is 5.91 Å². The molecule has 146 valence electrons. The van der Waals surface area contributed by atoms with Crippen LogP contribution in [0.5, 0.6) is 0 Å². The first-order valence-electron chi connectivity index (χ1n) is 10.3. The van der Waals surface area contributed by atoms with Gasteiger partial charge in [0.15, 0.2) is 0 Å². The van der Waals surface area contributed by atoms with Gasteiger partial charge < -0.3 is 20.9 Å². The number of carbonyl (C=O) groups excluding carboxylic acids is 2. The van der Waals surface area contributed by atoms with Crippen molar-refractivity contribution < 1.29 is 9.59 Å². The average Bonchev–Trinajstić information content (AvgIpc) is 3.30. The molecule has 0 aromatic heterocycles. The SMILES string of the molecule is O=C(CC1CC2CCC(C1)N2)NCc1cccc(NC(=O)N2CCCC2)c1. The summed E-state index contributed by atoms with van der Waals surface area (Å²) in [5.74, 6) is 0.641. The molecule has 3 N–H and O–H groups in total. The molecule has 27 heavy (non-hydrogen) atoms. The van der Waals surface area contributed by atoms with Gasteiger partial charge in [-0.25, -0.2) is 4.79 Å². The summed E-state index contributed by atoms with van der Waals surface area (Å²) >= 11 is 0. The molecule has 3 amide bonds. The van der Waals surface area contributed by atoms with Crippen LogP contribution in [0.1, 0.15) is 50.5 Å². The highest BCUT2D eigenvalue weighted by molar-refractivity contribution is 5.89. The van der Waals surface area contributed by atoms with Gasteiger partial charge in [-0.3, -0.25) is 4.79 Å². The number of benzene rings is 1. The molecule has 1 aromatic carbocycles. The normalized spacial score (nSPS) is 26.8. The van der Waals surface area contributed by atoms with E-state index in [1.165, 1.54) is 12.8 Å². The van der Waals surface area contributed by atoms with Crippen LogP contribution in [0.2, 0.25) is 0 Å². The van der Waals surface area contributed by atoms with Gasteiger partial charge in [0.05, 0.1) is 0 Å². The summed E-state index contributed by atoms with van der Waals surface area (Å²) in [5, 5.41) is 9.63. The van der Waals surface area contributed by atoms with Gasteiger partial charge in [0.25, 0.3) is 0 Å². The number of fused-ring (bicyclic) bond motifs is 2. The quantitative estimate of drug-likeness (QED) is 0.746. The molecule has 6 heteroatoms. The molecule has 0 spiro atoms. The van der Waals surface area contributed by atoms with Crippen LogP contribution in [0.25, 0.3) is 0 Å². The minimum absolute atomic E-state index is 0.0331. The van der Waals surface area contributed by atoms with E-state index in [9.17, 15) is 9.59 Å². The maximum absolute atomic E-state index is 12.3. The van der Waals surface area contributed by atoms with Gasteiger partial charge in [0.1, 0.15) is 0 Å². The summed E-state index contributed by atoms with van der Waals surface area (Å²) in [5.41, 5.74) is 1.79. The van der Waals surface area contributed by atoms with Crippen LogP contribution in [-0.2, 0) is 11.3 Å². The minimum Gasteiger partial charge on any atom is -0.352 e. The van der Waals surface area contributed by atoms with Crippen LogP contribution < -0.4 is 16.0 Å². The van der Waals surface area contributed by atoms with Gasteiger partial charge in [-0.05, 0) is 62.1 Å². The zero-order chi connectivity index (χ0) is 18.6. The molecule has 3 heterocycles. The third kappa shape index (κ3) is 4.80. The Morgan fingerprint density at radius 3 is 2.59 bits per heavy atom. The van der Waals surface area contributed by atoms with Gasteiger partial charge in [-0.1, -0.05) is 12.1 Å². The number of hydrogen-bond acceptors (Lipinski definition) is 3. The van der Waals surface area contributed by atoms with Gasteiger partial charge in [0, 0.05) is 43.8 Å². The van der Waals surface area contributed by atoms with Crippen molar-refractivity contribution in [2.75, 3.05) is 18.4 Å². The molecule has 2 unspecified atom stereocenters. The number of anilines is 1. The monoisotopic (exact) mass is 370 g/mol. The Labute approximate surface area is 161 Å². The standard InChI is InChI=1S/C21H30N4O2/c26-20(13-16-11-18-6-7-19(12-16)23-18)22-14-15-4-3-5-17(10-15)24-21(27)25-8-1-2-9-25/h3-5,10,16,18-19,23H,1-2,6-9,11-14H2,(H,22,26)(H,24,27). The van der Waals surface area contributed by atoms with E-state index in [1.807, 2.05) is 29.2 Å². The number of rotatable bonds is 5. The highest BCUT2D eigenvalue weighted by Gasteiger charge is 2.34. The Hall–Kier alpha value is -2.08. The summed E-state index contributed by atoms with van der Waals surface area (Å²) < 4.78 is 0. The average molecular weight is 370 g/mol. The molecular formula is C21H30N4O2. The van der Waals surface area contributed by atoms with Crippen LogP contribution in [0, 0.1) is 5.92 Å². The second-order valence-corrected chi connectivity index (χ2v) is 8.28. The number of amides is 3. The van der Waals surface area contributed by atoms with Crippen molar-refractivity contribution in [3.8, 4) is 0 Å². The second-order valence-electron chi connectivity index (χ2n) is 8.28. The van der Waals surface area contributed by atoms with Crippen LogP contribution in [0.15, 0.2) is 24.3 Å².